The van der Waals surface area contributed by atoms with E-state index >= 15 is 0 Å². The van der Waals surface area contributed by atoms with Crippen molar-refractivity contribution >= 4 is 40.2 Å². The van der Waals surface area contributed by atoms with Gasteiger partial charge in [0, 0.05) is 22.0 Å². The molecule has 0 aromatic heterocycles. The minimum absolute atomic E-state index is 0.327. The van der Waals surface area contributed by atoms with Crippen molar-refractivity contribution in [1.29, 1.82) is 0 Å². The fourth-order valence-corrected chi connectivity index (χ4v) is 2.05. The average molecular weight is 277 g/mol. The van der Waals surface area contributed by atoms with Gasteiger partial charge in [0.15, 0.2) is 0 Å². The van der Waals surface area contributed by atoms with E-state index in [2.05, 4.69) is 11.4 Å². The monoisotopic (exact) mass is 276 g/mol. The van der Waals surface area contributed by atoms with E-state index in [4.69, 9.17) is 29.6 Å². The van der Waals surface area contributed by atoms with E-state index in [0.29, 0.717) is 10.0 Å². The van der Waals surface area contributed by atoms with Crippen LogP contribution in [0, 0.1) is 6.92 Å². The van der Waals surface area contributed by atoms with Crippen LogP contribution in [0.1, 0.15) is 11.1 Å². The first kappa shape index (κ1) is 12.9. The lowest BCUT2D eigenvalue weighted by Crippen LogP contribution is -2.11. The summed E-state index contributed by atoms with van der Waals surface area (Å²) in [6, 6.07) is 13.5. The summed E-state index contributed by atoms with van der Waals surface area (Å²) in [5.74, 6) is 0. The Kier molecular flexibility index (Phi) is 3.84. The van der Waals surface area contributed by atoms with Gasteiger partial charge in [0.05, 0.1) is 0 Å². The molecule has 0 bridgehead atoms. The normalized spacial score (nSPS) is 10.1. The molecule has 0 heterocycles. The van der Waals surface area contributed by atoms with Crippen LogP contribution in [0.25, 0.3) is 0 Å². The van der Waals surface area contributed by atoms with E-state index in [-0.39, 0.29) is 0 Å². The second-order valence-corrected chi connectivity index (χ2v) is 4.92. The minimum Gasteiger partial charge on any atom is -0.389 e. The second-order valence-electron chi connectivity index (χ2n) is 4.05. The van der Waals surface area contributed by atoms with Gasteiger partial charge in [-0.1, -0.05) is 36.0 Å². The molecule has 92 valence electrons. The van der Waals surface area contributed by atoms with Crippen molar-refractivity contribution in [2.24, 2.45) is 5.73 Å². The first-order valence-corrected chi connectivity index (χ1v) is 6.28. The van der Waals surface area contributed by atoms with Crippen LogP contribution in [0.5, 0.6) is 0 Å². The van der Waals surface area contributed by atoms with E-state index < -0.39 is 0 Å². The number of nitrogens with two attached hydrogens (primary N) is 1. The van der Waals surface area contributed by atoms with Gasteiger partial charge in [-0.15, -0.1) is 0 Å². The van der Waals surface area contributed by atoms with Gasteiger partial charge in [0.2, 0.25) is 0 Å². The molecule has 2 aromatic carbocycles. The lowest BCUT2D eigenvalue weighted by molar-refractivity contribution is 1.44. The van der Waals surface area contributed by atoms with E-state index in [1.165, 1.54) is 5.56 Å². The second kappa shape index (κ2) is 5.38. The Morgan fingerprint density at radius 2 is 2.00 bits per heavy atom. The fraction of sp³-hybridized carbons (Fsp3) is 0.0714. The SMILES string of the molecule is Cc1cccc(Nc2ccc(Cl)cc2C(N)=S)c1. The maximum atomic E-state index is 5.95. The summed E-state index contributed by atoms with van der Waals surface area (Å²) >= 11 is 11.0. The predicted octanol–water partition coefficient (Wildman–Crippen LogP) is 4.03. The highest BCUT2D eigenvalue weighted by molar-refractivity contribution is 7.80. The smallest absolute Gasteiger partial charge is 0.106 e. The molecule has 0 atom stereocenters. The number of hydrogen-bond acceptors (Lipinski definition) is 2. The van der Waals surface area contributed by atoms with Gasteiger partial charge in [-0.2, -0.15) is 0 Å². The Morgan fingerprint density at radius 3 is 2.67 bits per heavy atom. The van der Waals surface area contributed by atoms with Gasteiger partial charge in [-0.3, -0.25) is 0 Å². The zero-order valence-corrected chi connectivity index (χ0v) is 11.5. The third kappa shape index (κ3) is 3.00. The van der Waals surface area contributed by atoms with Gasteiger partial charge in [-0.25, -0.2) is 0 Å². The molecule has 0 saturated carbocycles. The third-order valence-corrected chi connectivity index (χ3v) is 3.00. The van der Waals surface area contributed by atoms with Crippen molar-refractivity contribution < 1.29 is 0 Å². The van der Waals surface area contributed by atoms with Crippen LogP contribution in [0.3, 0.4) is 0 Å². The summed E-state index contributed by atoms with van der Waals surface area (Å²) in [5, 5.41) is 3.91. The van der Waals surface area contributed by atoms with E-state index in [9.17, 15) is 0 Å². The number of rotatable bonds is 3. The molecular formula is C14H13ClN2S. The summed E-state index contributed by atoms with van der Waals surface area (Å²) in [6.45, 7) is 2.04. The van der Waals surface area contributed by atoms with Crippen molar-refractivity contribution in [1.82, 2.24) is 0 Å². The van der Waals surface area contributed by atoms with Crippen LogP contribution in [-0.4, -0.2) is 4.99 Å². The maximum absolute atomic E-state index is 5.95. The highest BCUT2D eigenvalue weighted by Crippen LogP contribution is 2.24. The van der Waals surface area contributed by atoms with Crippen molar-refractivity contribution in [3.05, 3.63) is 58.6 Å². The molecule has 0 aliphatic heterocycles. The summed E-state index contributed by atoms with van der Waals surface area (Å²) in [7, 11) is 0. The van der Waals surface area contributed by atoms with Gasteiger partial charge >= 0.3 is 0 Å². The molecule has 2 rings (SSSR count). The van der Waals surface area contributed by atoms with Crippen molar-refractivity contribution in [2.75, 3.05) is 5.32 Å². The van der Waals surface area contributed by atoms with Crippen molar-refractivity contribution in [2.45, 2.75) is 6.92 Å². The molecule has 3 N–H and O–H groups in total. The number of thiocarbonyl (C=S) groups is 1. The number of halogens is 1. The fourth-order valence-electron chi connectivity index (χ4n) is 1.71. The standard InChI is InChI=1S/C14H13ClN2S/c1-9-3-2-4-11(7-9)17-13-6-5-10(15)8-12(13)14(16)18/h2-8,17H,1H3,(H2,16,18). The minimum atomic E-state index is 0.327. The molecule has 0 radical (unpaired) electrons. The lowest BCUT2D eigenvalue weighted by Gasteiger charge is -2.12. The molecule has 0 saturated heterocycles. The maximum Gasteiger partial charge on any atom is 0.106 e. The highest BCUT2D eigenvalue weighted by Gasteiger charge is 2.06. The molecular weight excluding hydrogens is 264 g/mol. The number of hydrogen-bond donors (Lipinski definition) is 2. The Morgan fingerprint density at radius 1 is 1.22 bits per heavy atom. The molecule has 18 heavy (non-hydrogen) atoms. The molecule has 0 spiro atoms. The zero-order valence-electron chi connectivity index (χ0n) is 9.91. The van der Waals surface area contributed by atoms with Crippen molar-refractivity contribution in [3.8, 4) is 0 Å². The Balaban J connectivity index is 2.37. The number of benzene rings is 2. The van der Waals surface area contributed by atoms with E-state index in [0.717, 1.165) is 16.9 Å². The lowest BCUT2D eigenvalue weighted by atomic mass is 10.1. The van der Waals surface area contributed by atoms with Gasteiger partial charge < -0.3 is 11.1 Å². The van der Waals surface area contributed by atoms with Crippen molar-refractivity contribution in [3.63, 3.8) is 0 Å². The topological polar surface area (TPSA) is 38.0 Å². The first-order valence-electron chi connectivity index (χ1n) is 5.49. The predicted molar refractivity (Wildman–Crippen MR) is 81.8 cm³/mol. The molecule has 2 nitrogen and oxygen atoms in total. The quantitative estimate of drug-likeness (QED) is 0.832. The number of anilines is 2. The van der Waals surface area contributed by atoms with E-state index in [1.54, 1.807) is 6.07 Å². The van der Waals surface area contributed by atoms with Crippen LogP contribution in [0.2, 0.25) is 5.02 Å². The van der Waals surface area contributed by atoms with Gasteiger partial charge in [0.25, 0.3) is 0 Å². The van der Waals surface area contributed by atoms with Crippen LogP contribution in [0.4, 0.5) is 11.4 Å². The third-order valence-electron chi connectivity index (χ3n) is 2.54. The average Bonchev–Trinajstić information content (AvgIpc) is 2.31. The summed E-state index contributed by atoms with van der Waals surface area (Å²) in [6.07, 6.45) is 0. The number of nitrogens with one attached hydrogen (secondary N) is 1. The van der Waals surface area contributed by atoms with Crippen LogP contribution in [-0.2, 0) is 0 Å². The summed E-state index contributed by atoms with van der Waals surface area (Å²) < 4.78 is 0. The Bertz CT molecular complexity index is 596. The molecule has 0 aliphatic carbocycles. The van der Waals surface area contributed by atoms with Crippen LogP contribution < -0.4 is 11.1 Å². The summed E-state index contributed by atoms with van der Waals surface area (Å²) in [5.41, 5.74) is 9.49. The molecule has 0 amide bonds. The zero-order chi connectivity index (χ0) is 13.1. The molecule has 0 unspecified atom stereocenters. The highest BCUT2D eigenvalue weighted by atomic mass is 35.5. The van der Waals surface area contributed by atoms with Gasteiger partial charge in [0.1, 0.15) is 4.99 Å². The van der Waals surface area contributed by atoms with Crippen LogP contribution >= 0.6 is 23.8 Å². The molecule has 2 aromatic rings. The molecule has 4 heteroatoms. The first-order chi connectivity index (χ1) is 8.56. The Labute approximate surface area is 117 Å². The van der Waals surface area contributed by atoms with Gasteiger partial charge in [-0.05, 0) is 42.8 Å². The molecule has 0 fully saturated rings. The Hall–Kier alpha value is -1.58. The molecule has 0 aliphatic rings. The number of aryl methyl sites for hydroxylation is 1. The summed E-state index contributed by atoms with van der Waals surface area (Å²) in [4.78, 5) is 0.327. The van der Waals surface area contributed by atoms with E-state index in [1.807, 2.05) is 37.3 Å². The van der Waals surface area contributed by atoms with Crippen LogP contribution in [0.15, 0.2) is 42.5 Å². The largest absolute Gasteiger partial charge is 0.389 e.